The summed E-state index contributed by atoms with van der Waals surface area (Å²) in [6.07, 6.45) is 9.52. The second-order valence-corrected chi connectivity index (χ2v) is 9.30. The first-order valence-electron chi connectivity index (χ1n) is 11.4. The highest BCUT2D eigenvalue weighted by Gasteiger charge is 2.53. The SMILES string of the molecule is Cn1ccnc1C1(O)[C@@H]2CCC[C@@H]1CN(Cc1cccc(OC[C@@H]3CCCO3)c1)C2. The molecule has 6 heteroatoms. The molecule has 3 heterocycles. The summed E-state index contributed by atoms with van der Waals surface area (Å²) >= 11 is 0. The van der Waals surface area contributed by atoms with Gasteiger partial charge in [0.2, 0.25) is 0 Å². The van der Waals surface area contributed by atoms with E-state index in [1.165, 1.54) is 12.0 Å². The summed E-state index contributed by atoms with van der Waals surface area (Å²) in [5.74, 6) is 2.21. The number of rotatable bonds is 6. The highest BCUT2D eigenvalue weighted by molar-refractivity contribution is 5.29. The fourth-order valence-electron chi connectivity index (χ4n) is 5.75. The maximum absolute atomic E-state index is 11.8. The summed E-state index contributed by atoms with van der Waals surface area (Å²) in [5.41, 5.74) is 0.458. The Kier molecular flexibility index (Phi) is 5.56. The molecule has 0 radical (unpaired) electrons. The second-order valence-electron chi connectivity index (χ2n) is 9.30. The first-order chi connectivity index (χ1) is 14.6. The number of aryl methyl sites for hydroxylation is 1. The second kappa shape index (κ2) is 8.33. The van der Waals surface area contributed by atoms with Crippen LogP contribution in [0.15, 0.2) is 36.7 Å². The molecule has 5 rings (SSSR count). The lowest BCUT2D eigenvalue weighted by Crippen LogP contribution is -2.58. The molecule has 30 heavy (non-hydrogen) atoms. The number of benzene rings is 1. The van der Waals surface area contributed by atoms with Crippen molar-refractivity contribution in [1.82, 2.24) is 14.5 Å². The summed E-state index contributed by atoms with van der Waals surface area (Å²) < 4.78 is 13.7. The predicted molar refractivity (Wildman–Crippen MR) is 114 cm³/mol. The van der Waals surface area contributed by atoms with Crippen molar-refractivity contribution >= 4 is 0 Å². The lowest BCUT2D eigenvalue weighted by atomic mass is 9.65. The van der Waals surface area contributed by atoms with Gasteiger partial charge in [-0.2, -0.15) is 0 Å². The van der Waals surface area contributed by atoms with Gasteiger partial charge in [0.15, 0.2) is 0 Å². The third-order valence-electron chi connectivity index (χ3n) is 7.25. The van der Waals surface area contributed by atoms with Gasteiger partial charge in [0.1, 0.15) is 23.8 Å². The predicted octanol–water partition coefficient (Wildman–Crippen LogP) is 3.10. The molecule has 2 aromatic rings. The minimum Gasteiger partial charge on any atom is -0.491 e. The molecule has 0 spiro atoms. The van der Waals surface area contributed by atoms with Crippen LogP contribution in [-0.4, -0.2) is 52.0 Å². The van der Waals surface area contributed by atoms with E-state index in [1.54, 1.807) is 6.20 Å². The van der Waals surface area contributed by atoms with Crippen molar-refractivity contribution in [3.05, 3.63) is 48.0 Å². The first kappa shape index (κ1) is 20.0. The fraction of sp³-hybridized carbons (Fsp3) is 0.625. The molecule has 2 saturated heterocycles. The van der Waals surface area contributed by atoms with Gasteiger partial charge in [0.25, 0.3) is 0 Å². The van der Waals surface area contributed by atoms with Gasteiger partial charge in [0, 0.05) is 57.5 Å². The summed E-state index contributed by atoms with van der Waals surface area (Å²) in [6, 6.07) is 8.44. The molecule has 0 unspecified atom stereocenters. The van der Waals surface area contributed by atoms with Crippen LogP contribution in [-0.2, 0) is 23.9 Å². The number of likely N-dealkylation sites (tertiary alicyclic amines) is 1. The van der Waals surface area contributed by atoms with Crippen molar-refractivity contribution in [3.63, 3.8) is 0 Å². The lowest BCUT2D eigenvalue weighted by Gasteiger charge is -2.52. The lowest BCUT2D eigenvalue weighted by molar-refractivity contribution is -0.155. The van der Waals surface area contributed by atoms with E-state index in [9.17, 15) is 5.11 Å². The van der Waals surface area contributed by atoms with Crippen molar-refractivity contribution in [2.45, 2.75) is 50.4 Å². The molecule has 1 N–H and O–H groups in total. The monoisotopic (exact) mass is 411 g/mol. The Morgan fingerprint density at radius 1 is 1.20 bits per heavy atom. The number of aromatic nitrogens is 2. The third-order valence-corrected chi connectivity index (χ3v) is 7.25. The zero-order chi connectivity index (χ0) is 20.6. The number of nitrogens with zero attached hydrogens (tertiary/aromatic N) is 3. The van der Waals surface area contributed by atoms with Crippen LogP contribution < -0.4 is 4.74 Å². The van der Waals surface area contributed by atoms with E-state index in [4.69, 9.17) is 9.47 Å². The van der Waals surface area contributed by atoms with Crippen molar-refractivity contribution in [3.8, 4) is 5.75 Å². The molecule has 1 aliphatic carbocycles. The Bertz CT molecular complexity index is 847. The Hall–Kier alpha value is -1.89. The van der Waals surface area contributed by atoms with E-state index in [1.807, 2.05) is 23.9 Å². The molecular formula is C24H33N3O3. The van der Waals surface area contributed by atoms with E-state index in [0.29, 0.717) is 6.61 Å². The van der Waals surface area contributed by atoms with E-state index >= 15 is 0 Å². The van der Waals surface area contributed by atoms with Crippen LogP contribution in [0.5, 0.6) is 5.75 Å². The zero-order valence-corrected chi connectivity index (χ0v) is 17.9. The molecule has 1 aromatic heterocycles. The Morgan fingerprint density at radius 3 is 2.73 bits per heavy atom. The number of aliphatic hydroxyl groups is 1. The molecule has 3 fully saturated rings. The molecule has 0 amide bonds. The first-order valence-corrected chi connectivity index (χ1v) is 11.4. The number of fused-ring (bicyclic) bond motifs is 2. The number of hydrogen-bond acceptors (Lipinski definition) is 5. The minimum absolute atomic E-state index is 0.227. The van der Waals surface area contributed by atoms with Crippen molar-refractivity contribution < 1.29 is 14.6 Å². The van der Waals surface area contributed by atoms with Crippen LogP contribution in [0.3, 0.4) is 0 Å². The minimum atomic E-state index is -0.806. The number of imidazole rings is 1. The Balaban J connectivity index is 1.26. The summed E-state index contributed by atoms with van der Waals surface area (Å²) in [4.78, 5) is 7.04. The van der Waals surface area contributed by atoms with Crippen LogP contribution >= 0.6 is 0 Å². The smallest absolute Gasteiger partial charge is 0.141 e. The fourth-order valence-corrected chi connectivity index (χ4v) is 5.75. The third kappa shape index (κ3) is 3.77. The van der Waals surface area contributed by atoms with Crippen molar-refractivity contribution in [1.29, 1.82) is 0 Å². The van der Waals surface area contributed by atoms with Gasteiger partial charge >= 0.3 is 0 Å². The molecule has 6 nitrogen and oxygen atoms in total. The maximum Gasteiger partial charge on any atom is 0.141 e. The van der Waals surface area contributed by atoms with Gasteiger partial charge in [-0.3, -0.25) is 4.90 Å². The van der Waals surface area contributed by atoms with Gasteiger partial charge < -0.3 is 19.1 Å². The number of piperidine rings is 1. The molecule has 1 aromatic carbocycles. The van der Waals surface area contributed by atoms with Crippen molar-refractivity contribution in [2.75, 3.05) is 26.3 Å². The molecule has 1 saturated carbocycles. The molecule has 3 aliphatic rings. The van der Waals surface area contributed by atoms with Crippen LogP contribution in [0.1, 0.15) is 43.5 Å². The average Bonchev–Trinajstić information content (AvgIpc) is 3.39. The summed E-state index contributed by atoms with van der Waals surface area (Å²) in [6.45, 7) is 4.19. The molecule has 162 valence electrons. The van der Waals surface area contributed by atoms with E-state index in [0.717, 1.165) is 63.5 Å². The summed E-state index contributed by atoms with van der Waals surface area (Å²) in [7, 11) is 1.99. The Morgan fingerprint density at radius 2 is 2.03 bits per heavy atom. The van der Waals surface area contributed by atoms with Crippen LogP contribution in [0.25, 0.3) is 0 Å². The van der Waals surface area contributed by atoms with E-state index in [2.05, 4.69) is 28.1 Å². The van der Waals surface area contributed by atoms with Gasteiger partial charge in [-0.15, -0.1) is 0 Å². The average molecular weight is 412 g/mol. The van der Waals surface area contributed by atoms with Crippen LogP contribution in [0, 0.1) is 11.8 Å². The zero-order valence-electron chi connectivity index (χ0n) is 17.9. The highest BCUT2D eigenvalue weighted by atomic mass is 16.5. The van der Waals surface area contributed by atoms with Crippen LogP contribution in [0.2, 0.25) is 0 Å². The number of ether oxygens (including phenoxy) is 2. The van der Waals surface area contributed by atoms with Gasteiger partial charge in [-0.1, -0.05) is 18.6 Å². The normalized spacial score (nSPS) is 31.7. The molecule has 2 aliphatic heterocycles. The molecule has 2 bridgehead atoms. The van der Waals surface area contributed by atoms with E-state index < -0.39 is 5.60 Å². The van der Waals surface area contributed by atoms with Gasteiger partial charge in [-0.05, 0) is 43.4 Å². The molecular weight excluding hydrogens is 378 g/mol. The largest absolute Gasteiger partial charge is 0.491 e. The quantitative estimate of drug-likeness (QED) is 0.792. The maximum atomic E-state index is 11.8. The number of hydrogen-bond donors (Lipinski definition) is 1. The van der Waals surface area contributed by atoms with Crippen LogP contribution in [0.4, 0.5) is 0 Å². The van der Waals surface area contributed by atoms with Gasteiger partial charge in [0.05, 0.1) is 6.10 Å². The van der Waals surface area contributed by atoms with E-state index in [-0.39, 0.29) is 17.9 Å². The van der Waals surface area contributed by atoms with Gasteiger partial charge in [-0.25, -0.2) is 4.98 Å². The summed E-state index contributed by atoms with van der Waals surface area (Å²) in [5, 5.41) is 11.8. The topological polar surface area (TPSA) is 59.8 Å². The standard InChI is InChI=1S/C24H33N3O3/c1-26-11-10-25-23(26)24(28)19-6-3-7-20(24)16-27(15-19)14-18-5-2-8-21(13-18)30-17-22-9-4-12-29-22/h2,5,8,10-11,13,19-20,22,28H,3-4,6-7,9,12,14-17H2,1H3/t19-,20-,22+/m1/s1. The Labute approximate surface area is 178 Å². The van der Waals surface area contributed by atoms with Crippen molar-refractivity contribution in [2.24, 2.45) is 18.9 Å². The molecule has 3 atom stereocenters. The highest BCUT2D eigenvalue weighted by Crippen LogP contribution is 2.48.